The lowest BCUT2D eigenvalue weighted by Crippen LogP contribution is -2.19. The van der Waals surface area contributed by atoms with Gasteiger partial charge < -0.3 is 10.5 Å². The molecule has 0 fully saturated rings. The Balaban J connectivity index is 1.77. The maximum absolute atomic E-state index is 12.7. The zero-order valence-corrected chi connectivity index (χ0v) is 14.4. The molecule has 0 aliphatic heterocycles. The van der Waals surface area contributed by atoms with E-state index in [4.69, 9.17) is 10.5 Å². The molecule has 0 saturated carbocycles. The number of nitrogens with zero attached hydrogens (tertiary/aromatic N) is 4. The molecule has 0 spiro atoms. The summed E-state index contributed by atoms with van der Waals surface area (Å²) in [4.78, 5) is 25.3. The average molecular weight is 356 g/mol. The van der Waals surface area contributed by atoms with E-state index in [1.54, 1.807) is 17.7 Å². The molecule has 2 aromatic heterocycles. The van der Waals surface area contributed by atoms with Crippen LogP contribution in [-0.4, -0.2) is 44.7 Å². The molecule has 2 heterocycles. The van der Waals surface area contributed by atoms with Gasteiger partial charge in [-0.1, -0.05) is 18.2 Å². The van der Waals surface area contributed by atoms with Crippen LogP contribution in [0.15, 0.2) is 36.7 Å². The van der Waals surface area contributed by atoms with Crippen molar-refractivity contribution in [2.45, 2.75) is 19.9 Å². The summed E-state index contributed by atoms with van der Waals surface area (Å²) in [5.74, 6) is 0.0280. The van der Waals surface area contributed by atoms with Crippen molar-refractivity contribution < 1.29 is 14.3 Å². The van der Waals surface area contributed by atoms with E-state index in [0.717, 1.165) is 16.5 Å². The number of para-hydroxylation sites is 1. The molecule has 3 rings (SSSR count). The third-order valence-electron chi connectivity index (χ3n) is 3.80. The largest absolute Gasteiger partial charge is 0.450 e. The second-order valence-corrected chi connectivity index (χ2v) is 5.58. The van der Waals surface area contributed by atoms with Crippen LogP contribution >= 0.6 is 0 Å². The molecule has 9 heteroatoms. The number of nitrogens with one attached hydrogen (secondary N) is 1. The first-order valence-electron chi connectivity index (χ1n) is 8.28. The van der Waals surface area contributed by atoms with E-state index in [0.29, 0.717) is 13.0 Å². The predicted molar refractivity (Wildman–Crippen MR) is 96.0 cm³/mol. The maximum Gasteiger partial charge on any atom is 0.412 e. The molecule has 26 heavy (non-hydrogen) atoms. The number of rotatable bonds is 6. The van der Waals surface area contributed by atoms with Gasteiger partial charge in [0.15, 0.2) is 5.82 Å². The zero-order chi connectivity index (χ0) is 18.5. The highest BCUT2D eigenvalue weighted by Crippen LogP contribution is 2.21. The highest BCUT2D eigenvalue weighted by Gasteiger charge is 2.15. The Morgan fingerprint density at radius 3 is 2.88 bits per heavy atom. The molecule has 1 aromatic carbocycles. The number of carbonyl (C=O) groups is 2. The van der Waals surface area contributed by atoms with Crippen LogP contribution in [0.5, 0.6) is 0 Å². The number of nitrogens with two attached hydrogens (primary N) is 1. The second kappa shape index (κ2) is 7.79. The Hall–Kier alpha value is -3.20. The summed E-state index contributed by atoms with van der Waals surface area (Å²) in [5, 5.41) is 11.5. The minimum atomic E-state index is -0.617. The number of anilines is 1. The van der Waals surface area contributed by atoms with Crippen LogP contribution in [0.2, 0.25) is 0 Å². The van der Waals surface area contributed by atoms with Crippen LogP contribution in [0.25, 0.3) is 10.9 Å². The van der Waals surface area contributed by atoms with Crippen LogP contribution < -0.4 is 11.1 Å². The number of aromatic nitrogens is 4. The van der Waals surface area contributed by atoms with Gasteiger partial charge in [-0.3, -0.25) is 14.7 Å². The van der Waals surface area contributed by atoms with Gasteiger partial charge in [0.1, 0.15) is 6.54 Å². The molecule has 3 aromatic rings. The van der Waals surface area contributed by atoms with Crippen molar-refractivity contribution in [2.24, 2.45) is 5.73 Å². The first-order chi connectivity index (χ1) is 12.6. The Kier molecular flexibility index (Phi) is 5.28. The van der Waals surface area contributed by atoms with Crippen molar-refractivity contribution in [2.75, 3.05) is 18.5 Å². The SMILES string of the molecule is CCOC(=O)Nc1cnn(CC(=O)n2cc(CCN)c3ccccc32)n1. The summed E-state index contributed by atoms with van der Waals surface area (Å²) in [6.07, 6.45) is 3.24. The predicted octanol–water partition coefficient (Wildman–Crippen LogP) is 1.64. The summed E-state index contributed by atoms with van der Waals surface area (Å²) in [5.41, 5.74) is 7.50. The van der Waals surface area contributed by atoms with Gasteiger partial charge in [-0.15, -0.1) is 5.10 Å². The van der Waals surface area contributed by atoms with E-state index in [1.807, 2.05) is 24.3 Å². The van der Waals surface area contributed by atoms with Gasteiger partial charge in [0.2, 0.25) is 0 Å². The topological polar surface area (TPSA) is 117 Å². The molecule has 0 aliphatic carbocycles. The van der Waals surface area contributed by atoms with Crippen LogP contribution in [0.4, 0.5) is 10.6 Å². The fourth-order valence-corrected chi connectivity index (χ4v) is 2.71. The lowest BCUT2D eigenvalue weighted by Gasteiger charge is -2.03. The third-order valence-corrected chi connectivity index (χ3v) is 3.80. The molecule has 3 N–H and O–H groups in total. The van der Waals surface area contributed by atoms with Gasteiger partial charge in [0, 0.05) is 11.6 Å². The number of ether oxygens (including phenoxy) is 1. The summed E-state index contributed by atoms with van der Waals surface area (Å²) < 4.78 is 6.36. The van der Waals surface area contributed by atoms with Gasteiger partial charge in [0.05, 0.1) is 18.3 Å². The van der Waals surface area contributed by atoms with Crippen LogP contribution in [0.3, 0.4) is 0 Å². The van der Waals surface area contributed by atoms with Crippen LogP contribution in [-0.2, 0) is 17.7 Å². The fourth-order valence-electron chi connectivity index (χ4n) is 2.71. The third kappa shape index (κ3) is 3.72. The minimum absolute atomic E-state index is 0.0642. The number of hydrogen-bond donors (Lipinski definition) is 2. The summed E-state index contributed by atoms with van der Waals surface area (Å²) in [6.45, 7) is 2.40. The van der Waals surface area contributed by atoms with Gasteiger partial charge in [-0.05, 0) is 31.5 Å². The lowest BCUT2D eigenvalue weighted by molar-refractivity contribution is 0.0886. The first-order valence-corrected chi connectivity index (χ1v) is 8.28. The monoisotopic (exact) mass is 356 g/mol. The number of benzene rings is 1. The summed E-state index contributed by atoms with van der Waals surface area (Å²) >= 11 is 0. The van der Waals surface area contributed by atoms with Crippen molar-refractivity contribution >= 4 is 28.7 Å². The van der Waals surface area contributed by atoms with E-state index in [1.165, 1.54) is 11.0 Å². The molecule has 0 saturated heterocycles. The van der Waals surface area contributed by atoms with E-state index < -0.39 is 6.09 Å². The smallest absolute Gasteiger partial charge is 0.412 e. The molecule has 0 bridgehead atoms. The van der Waals surface area contributed by atoms with Crippen molar-refractivity contribution in [3.63, 3.8) is 0 Å². The highest BCUT2D eigenvalue weighted by molar-refractivity contribution is 5.94. The number of amides is 1. The standard InChI is InChI=1S/C17H20N6O3/c1-2-26-17(25)20-15-9-19-23(21-15)11-16(24)22-10-12(7-8-18)13-5-3-4-6-14(13)22/h3-6,9-10H,2,7-8,11,18H2,1H3,(H,20,21,25). The highest BCUT2D eigenvalue weighted by atomic mass is 16.5. The second-order valence-electron chi connectivity index (χ2n) is 5.58. The first kappa shape index (κ1) is 17.6. The molecule has 0 unspecified atom stereocenters. The normalized spacial score (nSPS) is 10.8. The summed E-state index contributed by atoms with van der Waals surface area (Å²) in [7, 11) is 0. The van der Waals surface area contributed by atoms with E-state index >= 15 is 0 Å². The zero-order valence-electron chi connectivity index (χ0n) is 14.4. The Morgan fingerprint density at radius 2 is 2.12 bits per heavy atom. The molecule has 1 amide bonds. The molecule has 9 nitrogen and oxygen atoms in total. The number of carbonyl (C=O) groups excluding carboxylic acids is 2. The van der Waals surface area contributed by atoms with Gasteiger partial charge in [-0.2, -0.15) is 9.90 Å². The molecule has 136 valence electrons. The Labute approximate surface area is 149 Å². The van der Waals surface area contributed by atoms with E-state index in [2.05, 4.69) is 15.5 Å². The number of hydrogen-bond acceptors (Lipinski definition) is 6. The van der Waals surface area contributed by atoms with E-state index in [-0.39, 0.29) is 24.9 Å². The summed E-state index contributed by atoms with van der Waals surface area (Å²) in [6, 6.07) is 7.67. The van der Waals surface area contributed by atoms with E-state index in [9.17, 15) is 9.59 Å². The fraction of sp³-hybridized carbons (Fsp3) is 0.294. The molecular weight excluding hydrogens is 336 g/mol. The van der Waals surface area contributed by atoms with Gasteiger partial charge in [-0.25, -0.2) is 4.79 Å². The minimum Gasteiger partial charge on any atom is -0.450 e. The van der Waals surface area contributed by atoms with Gasteiger partial charge >= 0.3 is 6.09 Å². The molecule has 0 radical (unpaired) electrons. The van der Waals surface area contributed by atoms with Crippen molar-refractivity contribution in [1.29, 1.82) is 0 Å². The molecule has 0 atom stereocenters. The van der Waals surface area contributed by atoms with Gasteiger partial charge in [0.25, 0.3) is 5.91 Å². The van der Waals surface area contributed by atoms with Crippen LogP contribution in [0.1, 0.15) is 17.3 Å². The average Bonchev–Trinajstić information content (AvgIpc) is 3.20. The van der Waals surface area contributed by atoms with Crippen molar-refractivity contribution in [3.05, 3.63) is 42.2 Å². The van der Waals surface area contributed by atoms with Crippen molar-refractivity contribution in [1.82, 2.24) is 19.6 Å². The lowest BCUT2D eigenvalue weighted by atomic mass is 10.1. The Bertz CT molecular complexity index is 930. The quantitative estimate of drug-likeness (QED) is 0.693. The number of fused-ring (bicyclic) bond motifs is 1. The van der Waals surface area contributed by atoms with Crippen LogP contribution in [0, 0.1) is 0 Å². The van der Waals surface area contributed by atoms with Crippen molar-refractivity contribution in [3.8, 4) is 0 Å². The maximum atomic E-state index is 12.7. The molecular formula is C17H20N6O3. The molecule has 0 aliphatic rings. The Morgan fingerprint density at radius 1 is 1.31 bits per heavy atom.